The summed E-state index contributed by atoms with van der Waals surface area (Å²) < 4.78 is 5.53. The molecular formula is C14H27NO2. The Morgan fingerprint density at radius 3 is 2.41 bits per heavy atom. The number of ether oxygens (including phenoxy) is 1. The van der Waals surface area contributed by atoms with Crippen molar-refractivity contribution in [3.63, 3.8) is 0 Å². The highest BCUT2D eigenvalue weighted by atomic mass is 16.5. The molecule has 0 spiro atoms. The van der Waals surface area contributed by atoms with Gasteiger partial charge in [0.1, 0.15) is 6.10 Å². The Labute approximate surface area is 105 Å². The lowest BCUT2D eigenvalue weighted by molar-refractivity contribution is -0.152. The van der Waals surface area contributed by atoms with Crippen LogP contribution in [0.15, 0.2) is 0 Å². The molecule has 0 amide bonds. The van der Waals surface area contributed by atoms with Crippen LogP contribution in [0.2, 0.25) is 0 Å². The van der Waals surface area contributed by atoms with Crippen molar-refractivity contribution in [2.24, 2.45) is 17.6 Å². The molecule has 3 atom stereocenters. The highest BCUT2D eigenvalue weighted by molar-refractivity contribution is 5.69. The van der Waals surface area contributed by atoms with E-state index in [1.807, 2.05) is 6.92 Å². The molecule has 0 saturated heterocycles. The predicted molar refractivity (Wildman–Crippen MR) is 69.6 cm³/mol. The summed E-state index contributed by atoms with van der Waals surface area (Å²) in [6, 6.07) is 0.178. The highest BCUT2D eigenvalue weighted by Gasteiger charge is 2.26. The normalized spacial score (nSPS) is 30.9. The van der Waals surface area contributed by atoms with Gasteiger partial charge in [-0.15, -0.1) is 0 Å². The summed E-state index contributed by atoms with van der Waals surface area (Å²) in [6.45, 7) is 6.45. The molecule has 2 N–H and O–H groups in total. The van der Waals surface area contributed by atoms with E-state index in [0.29, 0.717) is 18.3 Å². The van der Waals surface area contributed by atoms with Crippen molar-refractivity contribution in [1.29, 1.82) is 0 Å². The number of hydrogen-bond donors (Lipinski definition) is 1. The third-order valence-corrected chi connectivity index (χ3v) is 3.47. The van der Waals surface area contributed by atoms with Crippen molar-refractivity contribution < 1.29 is 9.53 Å². The molecule has 100 valence electrons. The second-order valence-corrected chi connectivity index (χ2v) is 5.90. The fourth-order valence-electron chi connectivity index (χ4n) is 2.78. The fourth-order valence-corrected chi connectivity index (χ4v) is 2.78. The van der Waals surface area contributed by atoms with Crippen LogP contribution >= 0.6 is 0 Å². The summed E-state index contributed by atoms with van der Waals surface area (Å²) in [7, 11) is 0. The Kier molecular flexibility index (Phi) is 5.96. The fraction of sp³-hybridized carbons (Fsp3) is 0.929. The van der Waals surface area contributed by atoms with E-state index in [2.05, 4.69) is 13.8 Å². The maximum atomic E-state index is 11.6. The van der Waals surface area contributed by atoms with E-state index >= 15 is 0 Å². The number of carbonyl (C=O) groups excluding carboxylic acids is 1. The Hall–Kier alpha value is -0.570. The molecule has 0 aromatic heterocycles. The molecule has 0 aliphatic heterocycles. The first-order chi connectivity index (χ1) is 7.97. The molecule has 0 aromatic rings. The van der Waals surface area contributed by atoms with Crippen LogP contribution in [0.1, 0.15) is 59.3 Å². The van der Waals surface area contributed by atoms with Gasteiger partial charge in [0.05, 0.1) is 0 Å². The van der Waals surface area contributed by atoms with Crippen LogP contribution in [-0.4, -0.2) is 18.1 Å². The van der Waals surface area contributed by atoms with Crippen molar-refractivity contribution in [3.8, 4) is 0 Å². The summed E-state index contributed by atoms with van der Waals surface area (Å²) in [5, 5.41) is 0. The van der Waals surface area contributed by atoms with Crippen molar-refractivity contribution in [1.82, 2.24) is 0 Å². The van der Waals surface area contributed by atoms with Gasteiger partial charge in [0, 0.05) is 12.5 Å². The molecule has 17 heavy (non-hydrogen) atoms. The number of carbonyl (C=O) groups is 1. The van der Waals surface area contributed by atoms with Gasteiger partial charge in [-0.25, -0.2) is 0 Å². The number of nitrogens with two attached hydrogens (primary N) is 1. The van der Waals surface area contributed by atoms with Gasteiger partial charge >= 0.3 is 5.97 Å². The van der Waals surface area contributed by atoms with E-state index in [4.69, 9.17) is 10.5 Å². The van der Waals surface area contributed by atoms with Crippen LogP contribution in [0.5, 0.6) is 0 Å². The average Bonchev–Trinajstić information content (AvgIpc) is 2.14. The molecular weight excluding hydrogens is 214 g/mol. The smallest absolute Gasteiger partial charge is 0.306 e. The third kappa shape index (κ3) is 6.06. The molecule has 3 unspecified atom stereocenters. The lowest BCUT2D eigenvalue weighted by Crippen LogP contribution is -2.28. The van der Waals surface area contributed by atoms with Gasteiger partial charge < -0.3 is 10.5 Å². The lowest BCUT2D eigenvalue weighted by Gasteiger charge is -2.31. The Balaban J connectivity index is 2.21. The SMILES string of the molecule is CC(N)CCCC(=O)OC1CC(C)CC(C)C1. The second-order valence-electron chi connectivity index (χ2n) is 5.90. The van der Waals surface area contributed by atoms with Gasteiger partial charge in [-0.05, 0) is 50.9 Å². The number of rotatable bonds is 5. The van der Waals surface area contributed by atoms with Gasteiger partial charge in [-0.2, -0.15) is 0 Å². The number of hydrogen-bond acceptors (Lipinski definition) is 3. The zero-order valence-corrected chi connectivity index (χ0v) is 11.4. The molecule has 3 nitrogen and oxygen atoms in total. The van der Waals surface area contributed by atoms with Crippen LogP contribution in [0, 0.1) is 11.8 Å². The first-order valence-electron chi connectivity index (χ1n) is 6.92. The van der Waals surface area contributed by atoms with Gasteiger partial charge in [0.25, 0.3) is 0 Å². The second kappa shape index (κ2) is 7.00. The van der Waals surface area contributed by atoms with Gasteiger partial charge in [0.2, 0.25) is 0 Å². The molecule has 0 aromatic carbocycles. The monoisotopic (exact) mass is 241 g/mol. The van der Waals surface area contributed by atoms with Crippen molar-refractivity contribution >= 4 is 5.97 Å². The van der Waals surface area contributed by atoms with Crippen LogP contribution in [0.4, 0.5) is 0 Å². The van der Waals surface area contributed by atoms with E-state index in [-0.39, 0.29) is 18.1 Å². The number of esters is 1. The van der Waals surface area contributed by atoms with Gasteiger partial charge in [-0.3, -0.25) is 4.79 Å². The summed E-state index contributed by atoms with van der Waals surface area (Å²) in [5.41, 5.74) is 5.65. The molecule has 1 fully saturated rings. The summed E-state index contributed by atoms with van der Waals surface area (Å²) in [5.74, 6) is 1.32. The molecule has 1 aliphatic carbocycles. The standard InChI is InChI=1S/C14H27NO2/c1-10-7-11(2)9-13(8-10)17-14(16)6-4-5-12(3)15/h10-13H,4-9,15H2,1-3H3. The summed E-state index contributed by atoms with van der Waals surface area (Å²) in [6.07, 6.45) is 5.73. The van der Waals surface area contributed by atoms with Crippen LogP contribution in [0.3, 0.4) is 0 Å². The summed E-state index contributed by atoms with van der Waals surface area (Å²) in [4.78, 5) is 11.6. The molecule has 1 aliphatic rings. The Bertz CT molecular complexity index is 230. The topological polar surface area (TPSA) is 52.3 Å². The van der Waals surface area contributed by atoms with Gasteiger partial charge in [0.15, 0.2) is 0 Å². The van der Waals surface area contributed by atoms with E-state index in [1.54, 1.807) is 0 Å². The molecule has 0 bridgehead atoms. The largest absolute Gasteiger partial charge is 0.462 e. The van der Waals surface area contributed by atoms with Crippen molar-refractivity contribution in [2.45, 2.75) is 71.4 Å². The molecule has 1 saturated carbocycles. The average molecular weight is 241 g/mol. The van der Waals surface area contributed by atoms with Crippen LogP contribution < -0.4 is 5.73 Å². The Morgan fingerprint density at radius 2 is 1.88 bits per heavy atom. The highest BCUT2D eigenvalue weighted by Crippen LogP contribution is 2.30. The first-order valence-corrected chi connectivity index (χ1v) is 6.92. The Morgan fingerprint density at radius 1 is 1.29 bits per heavy atom. The minimum Gasteiger partial charge on any atom is -0.462 e. The van der Waals surface area contributed by atoms with Gasteiger partial charge in [-0.1, -0.05) is 13.8 Å². The zero-order valence-electron chi connectivity index (χ0n) is 11.4. The van der Waals surface area contributed by atoms with E-state index in [1.165, 1.54) is 6.42 Å². The first kappa shape index (κ1) is 14.5. The molecule has 1 rings (SSSR count). The van der Waals surface area contributed by atoms with E-state index in [9.17, 15) is 4.79 Å². The predicted octanol–water partition coefficient (Wildman–Crippen LogP) is 2.87. The lowest BCUT2D eigenvalue weighted by atomic mass is 9.82. The minimum atomic E-state index is -0.0445. The van der Waals surface area contributed by atoms with E-state index in [0.717, 1.165) is 25.7 Å². The van der Waals surface area contributed by atoms with Crippen molar-refractivity contribution in [3.05, 3.63) is 0 Å². The molecule has 3 heteroatoms. The quantitative estimate of drug-likeness (QED) is 0.753. The third-order valence-electron chi connectivity index (χ3n) is 3.47. The maximum absolute atomic E-state index is 11.6. The molecule has 0 radical (unpaired) electrons. The van der Waals surface area contributed by atoms with Crippen molar-refractivity contribution in [2.75, 3.05) is 0 Å². The minimum absolute atomic E-state index is 0.0445. The molecule has 0 heterocycles. The van der Waals surface area contributed by atoms with Crippen LogP contribution in [-0.2, 0) is 9.53 Å². The van der Waals surface area contributed by atoms with E-state index < -0.39 is 0 Å². The zero-order chi connectivity index (χ0) is 12.8. The van der Waals surface area contributed by atoms with Crippen LogP contribution in [0.25, 0.3) is 0 Å². The summed E-state index contributed by atoms with van der Waals surface area (Å²) >= 11 is 0. The maximum Gasteiger partial charge on any atom is 0.306 e.